The van der Waals surface area contributed by atoms with Gasteiger partial charge in [-0.05, 0) is 35.0 Å². The highest BCUT2D eigenvalue weighted by Crippen LogP contribution is 2.25. The number of aromatic nitrogens is 2. The molecule has 0 aliphatic carbocycles. The van der Waals surface area contributed by atoms with E-state index < -0.39 is 10.0 Å². The number of hydrogen-bond donors (Lipinski definition) is 2. The average Bonchev–Trinajstić information content (AvgIpc) is 3.06. The molecule has 0 radical (unpaired) electrons. The molecule has 0 unspecified atom stereocenters. The van der Waals surface area contributed by atoms with Gasteiger partial charge in [-0.15, -0.1) is 11.3 Å². The molecule has 104 valence electrons. The Morgan fingerprint density at radius 3 is 2.95 bits per heavy atom. The molecule has 0 saturated carbocycles. The quantitative estimate of drug-likeness (QED) is 0.778. The predicted octanol–water partition coefficient (Wildman–Crippen LogP) is 2.99. The molecule has 0 fully saturated rings. The number of sulfonamides is 1. The van der Waals surface area contributed by atoms with Crippen molar-refractivity contribution < 1.29 is 8.42 Å². The van der Waals surface area contributed by atoms with E-state index in [0.717, 1.165) is 10.1 Å². The van der Waals surface area contributed by atoms with E-state index in [1.165, 1.54) is 6.20 Å². The van der Waals surface area contributed by atoms with Crippen molar-refractivity contribution in [2.75, 3.05) is 4.72 Å². The number of aryl methyl sites for hydroxylation is 1. The molecule has 3 rings (SSSR count). The summed E-state index contributed by atoms with van der Waals surface area (Å²) in [5.74, 6) is 0.652. The molecule has 0 aliphatic heterocycles. The first-order chi connectivity index (χ1) is 9.58. The number of anilines is 1. The molecule has 0 atom stereocenters. The summed E-state index contributed by atoms with van der Waals surface area (Å²) in [4.78, 5) is 6.81. The van der Waals surface area contributed by atoms with E-state index in [-0.39, 0.29) is 5.03 Å². The van der Waals surface area contributed by atoms with E-state index in [0.29, 0.717) is 17.9 Å². The van der Waals surface area contributed by atoms with Crippen molar-refractivity contribution in [1.82, 2.24) is 9.97 Å². The second-order valence-corrected chi connectivity index (χ2v) is 6.92. The normalized spacial score (nSPS) is 11.8. The maximum Gasteiger partial charge on any atom is 0.278 e. The Kier molecular flexibility index (Phi) is 3.23. The molecule has 1 aromatic carbocycles. The number of imidazole rings is 1. The molecule has 2 aromatic heterocycles. The van der Waals surface area contributed by atoms with Crippen LogP contribution in [-0.4, -0.2) is 18.4 Å². The maximum absolute atomic E-state index is 12.2. The Labute approximate surface area is 120 Å². The van der Waals surface area contributed by atoms with Crippen LogP contribution in [0.3, 0.4) is 0 Å². The zero-order valence-electron chi connectivity index (χ0n) is 10.8. The lowest BCUT2D eigenvalue weighted by Crippen LogP contribution is -2.13. The van der Waals surface area contributed by atoms with E-state index >= 15 is 0 Å². The van der Waals surface area contributed by atoms with Gasteiger partial charge >= 0.3 is 0 Å². The first-order valence-corrected chi connectivity index (χ1v) is 8.49. The lowest BCUT2D eigenvalue weighted by Gasteiger charge is -2.06. The van der Waals surface area contributed by atoms with Crippen LogP contribution >= 0.6 is 11.3 Å². The van der Waals surface area contributed by atoms with Crippen molar-refractivity contribution in [2.24, 2.45) is 0 Å². The number of hydrogen-bond acceptors (Lipinski definition) is 4. The first-order valence-electron chi connectivity index (χ1n) is 6.12. The molecule has 0 spiro atoms. The molecule has 3 aromatic rings. The van der Waals surface area contributed by atoms with Gasteiger partial charge in [0.1, 0.15) is 5.82 Å². The number of nitrogens with one attached hydrogen (secondary N) is 2. The fraction of sp³-hybridized carbons (Fsp3) is 0.154. The number of rotatable bonds is 4. The summed E-state index contributed by atoms with van der Waals surface area (Å²) < 4.78 is 28.1. The minimum atomic E-state index is -3.62. The van der Waals surface area contributed by atoms with Crippen LogP contribution in [0.25, 0.3) is 10.1 Å². The number of aromatic amines is 1. The number of fused-ring (bicyclic) bond motifs is 1. The number of benzene rings is 1. The van der Waals surface area contributed by atoms with Gasteiger partial charge in [0.2, 0.25) is 0 Å². The topological polar surface area (TPSA) is 74.8 Å². The summed E-state index contributed by atoms with van der Waals surface area (Å²) in [7, 11) is -3.62. The zero-order valence-corrected chi connectivity index (χ0v) is 12.4. The van der Waals surface area contributed by atoms with E-state index in [1.54, 1.807) is 17.4 Å². The van der Waals surface area contributed by atoms with E-state index in [1.807, 2.05) is 30.5 Å². The van der Waals surface area contributed by atoms with Gasteiger partial charge in [0.25, 0.3) is 10.0 Å². The highest BCUT2D eigenvalue weighted by Gasteiger charge is 2.17. The van der Waals surface area contributed by atoms with Crippen LogP contribution in [0.4, 0.5) is 5.69 Å². The van der Waals surface area contributed by atoms with Crippen LogP contribution < -0.4 is 4.72 Å². The SMILES string of the molecule is CCc1ncc(S(=O)(=O)Nc2ccc3sccc3c2)[nH]1. The van der Waals surface area contributed by atoms with Crippen LogP contribution in [0.5, 0.6) is 0 Å². The Balaban J connectivity index is 1.92. The van der Waals surface area contributed by atoms with Gasteiger partial charge in [-0.3, -0.25) is 4.72 Å². The standard InChI is InChI=1S/C13H13N3O2S2/c1-2-12-14-8-13(15-12)20(17,18)16-10-3-4-11-9(7-10)5-6-19-11/h3-8,16H,2H2,1H3,(H,14,15). The van der Waals surface area contributed by atoms with Gasteiger partial charge in [0, 0.05) is 16.8 Å². The molecule has 7 heteroatoms. The number of thiophene rings is 1. The fourth-order valence-electron chi connectivity index (χ4n) is 1.90. The predicted molar refractivity (Wildman–Crippen MR) is 80.6 cm³/mol. The van der Waals surface area contributed by atoms with Crippen molar-refractivity contribution in [3.05, 3.63) is 41.7 Å². The van der Waals surface area contributed by atoms with Crippen molar-refractivity contribution >= 4 is 37.1 Å². The van der Waals surface area contributed by atoms with Crippen LogP contribution in [-0.2, 0) is 16.4 Å². The Morgan fingerprint density at radius 1 is 1.35 bits per heavy atom. The van der Waals surface area contributed by atoms with Gasteiger partial charge in [0.05, 0.1) is 6.20 Å². The van der Waals surface area contributed by atoms with Gasteiger partial charge in [-0.1, -0.05) is 6.92 Å². The second-order valence-electron chi connectivity index (χ2n) is 4.33. The van der Waals surface area contributed by atoms with E-state index in [4.69, 9.17) is 0 Å². The maximum atomic E-state index is 12.2. The molecule has 0 saturated heterocycles. The first kappa shape index (κ1) is 13.1. The third kappa shape index (κ3) is 2.41. The summed E-state index contributed by atoms with van der Waals surface area (Å²) in [5.41, 5.74) is 0.545. The van der Waals surface area contributed by atoms with Crippen molar-refractivity contribution in [2.45, 2.75) is 18.4 Å². The molecule has 2 heterocycles. The number of nitrogens with zero attached hydrogens (tertiary/aromatic N) is 1. The van der Waals surface area contributed by atoms with Crippen molar-refractivity contribution in [3.63, 3.8) is 0 Å². The van der Waals surface area contributed by atoms with Gasteiger partial charge < -0.3 is 4.98 Å². The fourth-order valence-corrected chi connectivity index (χ4v) is 3.66. The van der Waals surface area contributed by atoms with Crippen LogP contribution in [0, 0.1) is 0 Å². The monoisotopic (exact) mass is 307 g/mol. The third-order valence-electron chi connectivity index (χ3n) is 2.93. The molecular weight excluding hydrogens is 294 g/mol. The number of H-pyrrole nitrogens is 1. The molecule has 5 nitrogen and oxygen atoms in total. The largest absolute Gasteiger partial charge is 0.332 e. The third-order valence-corrected chi connectivity index (χ3v) is 5.12. The minimum absolute atomic E-state index is 0.0831. The average molecular weight is 307 g/mol. The van der Waals surface area contributed by atoms with Crippen LogP contribution in [0.2, 0.25) is 0 Å². The van der Waals surface area contributed by atoms with Crippen molar-refractivity contribution in [3.8, 4) is 0 Å². The van der Waals surface area contributed by atoms with E-state index in [2.05, 4.69) is 14.7 Å². The molecule has 2 N–H and O–H groups in total. The highest BCUT2D eigenvalue weighted by atomic mass is 32.2. The molecule has 20 heavy (non-hydrogen) atoms. The van der Waals surface area contributed by atoms with E-state index in [9.17, 15) is 8.42 Å². The van der Waals surface area contributed by atoms with Crippen molar-refractivity contribution in [1.29, 1.82) is 0 Å². The Hall–Kier alpha value is -1.86. The zero-order chi connectivity index (χ0) is 14.2. The summed E-state index contributed by atoms with van der Waals surface area (Å²) >= 11 is 1.62. The highest BCUT2D eigenvalue weighted by molar-refractivity contribution is 7.92. The minimum Gasteiger partial charge on any atom is -0.332 e. The second kappa shape index (κ2) is 4.92. The van der Waals surface area contributed by atoms with Crippen LogP contribution in [0.1, 0.15) is 12.7 Å². The van der Waals surface area contributed by atoms with Gasteiger partial charge in [0.15, 0.2) is 5.03 Å². The lowest BCUT2D eigenvalue weighted by molar-refractivity contribution is 0.598. The van der Waals surface area contributed by atoms with Gasteiger partial charge in [-0.25, -0.2) is 4.98 Å². The Bertz CT molecular complexity index is 849. The van der Waals surface area contributed by atoms with Crippen LogP contribution in [0.15, 0.2) is 40.9 Å². The lowest BCUT2D eigenvalue weighted by atomic mass is 10.2. The summed E-state index contributed by atoms with van der Waals surface area (Å²) in [6.07, 6.45) is 2.00. The smallest absolute Gasteiger partial charge is 0.278 e. The molecule has 0 amide bonds. The Morgan fingerprint density at radius 2 is 2.20 bits per heavy atom. The molecule has 0 bridgehead atoms. The van der Waals surface area contributed by atoms with Gasteiger partial charge in [-0.2, -0.15) is 8.42 Å². The summed E-state index contributed by atoms with van der Waals surface area (Å²) in [6, 6.07) is 7.44. The molecule has 0 aliphatic rings. The molecular formula is C13H13N3O2S2. The summed E-state index contributed by atoms with van der Waals surface area (Å²) in [5, 5.41) is 3.08. The summed E-state index contributed by atoms with van der Waals surface area (Å²) in [6.45, 7) is 1.91.